The van der Waals surface area contributed by atoms with Gasteiger partial charge in [0.2, 0.25) is 5.91 Å². The molecule has 0 spiro atoms. The number of fused-ring (bicyclic) bond motifs is 1. The molecule has 0 aliphatic carbocycles. The van der Waals surface area contributed by atoms with E-state index in [-0.39, 0.29) is 17.6 Å². The molecule has 2 amide bonds. The molecule has 0 unspecified atom stereocenters. The summed E-state index contributed by atoms with van der Waals surface area (Å²) in [6.07, 6.45) is 0. The van der Waals surface area contributed by atoms with E-state index < -0.39 is 0 Å². The summed E-state index contributed by atoms with van der Waals surface area (Å²) in [5, 5.41) is 0. The molecule has 24 heavy (non-hydrogen) atoms. The third-order valence-corrected chi connectivity index (χ3v) is 5.73. The Morgan fingerprint density at radius 1 is 1.08 bits per heavy atom. The number of aromatic nitrogens is 1. The van der Waals surface area contributed by atoms with Crippen LogP contribution in [0.25, 0.3) is 10.2 Å². The first-order chi connectivity index (χ1) is 11.6. The van der Waals surface area contributed by atoms with Crippen LogP contribution in [0.3, 0.4) is 0 Å². The van der Waals surface area contributed by atoms with Gasteiger partial charge < -0.3 is 0 Å². The van der Waals surface area contributed by atoms with Crippen molar-refractivity contribution in [3.63, 3.8) is 0 Å². The molecule has 2 aromatic carbocycles. The first-order valence-electron chi connectivity index (χ1n) is 6.95. The predicted molar refractivity (Wildman–Crippen MR) is 100 cm³/mol. The summed E-state index contributed by atoms with van der Waals surface area (Å²) in [6, 6.07) is 14.7. The zero-order valence-electron chi connectivity index (χ0n) is 12.3. The Hall–Kier alpha value is -1.90. The molecule has 0 saturated heterocycles. The van der Waals surface area contributed by atoms with E-state index >= 15 is 0 Å². The van der Waals surface area contributed by atoms with Crippen LogP contribution in [0.4, 0.5) is 0 Å². The minimum absolute atomic E-state index is 0.181. The molecule has 3 aromatic rings. The summed E-state index contributed by atoms with van der Waals surface area (Å²) in [5.41, 5.74) is 6.20. The lowest BCUT2D eigenvalue weighted by molar-refractivity contribution is -0.119. The Morgan fingerprint density at radius 2 is 1.83 bits per heavy atom. The van der Waals surface area contributed by atoms with Crippen LogP contribution in [-0.2, 0) is 4.79 Å². The molecular formula is C16H12BrN3O2S2. The lowest BCUT2D eigenvalue weighted by Crippen LogP contribution is -2.42. The number of nitrogens with one attached hydrogen (secondary N) is 2. The summed E-state index contributed by atoms with van der Waals surface area (Å²) in [4.78, 5) is 28.2. The van der Waals surface area contributed by atoms with E-state index in [2.05, 4.69) is 31.8 Å². The van der Waals surface area contributed by atoms with Gasteiger partial charge in [0, 0.05) is 10.0 Å². The highest BCUT2D eigenvalue weighted by Crippen LogP contribution is 2.28. The molecule has 5 nitrogen and oxygen atoms in total. The second-order valence-corrected chi connectivity index (χ2v) is 7.91. The minimum atomic E-state index is -0.360. The van der Waals surface area contributed by atoms with Crippen LogP contribution in [0.2, 0.25) is 0 Å². The third kappa shape index (κ3) is 4.34. The number of thioether (sulfide) groups is 1. The number of thiazole rings is 1. The Bertz CT molecular complexity index is 847. The summed E-state index contributed by atoms with van der Waals surface area (Å²) in [7, 11) is 0. The number of hydrazine groups is 1. The summed E-state index contributed by atoms with van der Waals surface area (Å²) < 4.78 is 2.80. The van der Waals surface area contributed by atoms with Crippen molar-refractivity contribution in [1.82, 2.24) is 15.8 Å². The number of carbonyl (C=O) groups excluding carboxylic acids is 2. The quantitative estimate of drug-likeness (QED) is 0.498. The molecule has 1 heterocycles. The van der Waals surface area contributed by atoms with Crippen LogP contribution in [0.1, 0.15) is 10.4 Å². The molecule has 2 N–H and O–H groups in total. The van der Waals surface area contributed by atoms with Crippen molar-refractivity contribution in [3.05, 3.63) is 58.6 Å². The van der Waals surface area contributed by atoms with Crippen LogP contribution in [0.5, 0.6) is 0 Å². The van der Waals surface area contributed by atoms with Crippen LogP contribution in [0.15, 0.2) is 57.3 Å². The number of nitrogens with zero attached hydrogens (tertiary/aromatic N) is 1. The fourth-order valence-corrected chi connectivity index (χ4v) is 4.01. The smallest absolute Gasteiger partial charge is 0.269 e. The summed E-state index contributed by atoms with van der Waals surface area (Å²) in [5.74, 6) is -0.467. The number of benzene rings is 2. The molecule has 0 aliphatic rings. The highest BCUT2D eigenvalue weighted by Gasteiger charge is 2.09. The molecule has 0 atom stereocenters. The largest absolute Gasteiger partial charge is 0.272 e. The Balaban J connectivity index is 1.48. The van der Waals surface area contributed by atoms with Gasteiger partial charge in [-0.3, -0.25) is 20.4 Å². The zero-order valence-corrected chi connectivity index (χ0v) is 15.5. The number of para-hydroxylation sites is 1. The maximum atomic E-state index is 11.9. The van der Waals surface area contributed by atoms with Crippen molar-refractivity contribution < 1.29 is 9.59 Å². The molecular weight excluding hydrogens is 410 g/mol. The van der Waals surface area contributed by atoms with Crippen LogP contribution < -0.4 is 10.9 Å². The van der Waals surface area contributed by atoms with Gasteiger partial charge in [-0.05, 0) is 36.4 Å². The van der Waals surface area contributed by atoms with Gasteiger partial charge in [-0.2, -0.15) is 0 Å². The van der Waals surface area contributed by atoms with E-state index in [9.17, 15) is 9.59 Å². The van der Waals surface area contributed by atoms with Gasteiger partial charge >= 0.3 is 0 Å². The van der Waals surface area contributed by atoms with Crippen molar-refractivity contribution in [2.75, 3.05) is 5.75 Å². The number of amides is 2. The molecule has 1 aromatic heterocycles. The maximum absolute atomic E-state index is 11.9. The van der Waals surface area contributed by atoms with E-state index in [1.807, 2.05) is 24.3 Å². The molecule has 122 valence electrons. The average Bonchev–Trinajstić information content (AvgIpc) is 3.01. The van der Waals surface area contributed by atoms with Gasteiger partial charge in [-0.15, -0.1) is 11.3 Å². The topological polar surface area (TPSA) is 71.1 Å². The standard InChI is InChI=1S/C16H12BrN3O2S2/c17-11-7-5-10(6-8-11)15(22)20-19-14(21)9-23-16-18-12-3-1-2-4-13(12)24-16/h1-8H,9H2,(H,19,21)(H,20,22). The fourth-order valence-electron chi connectivity index (χ4n) is 1.88. The summed E-state index contributed by atoms with van der Waals surface area (Å²) >= 11 is 6.19. The maximum Gasteiger partial charge on any atom is 0.269 e. The van der Waals surface area contributed by atoms with Crippen molar-refractivity contribution in [2.24, 2.45) is 0 Å². The van der Waals surface area contributed by atoms with E-state index in [0.29, 0.717) is 5.56 Å². The van der Waals surface area contributed by atoms with Crippen molar-refractivity contribution in [3.8, 4) is 0 Å². The highest BCUT2D eigenvalue weighted by molar-refractivity contribution is 9.10. The fraction of sp³-hybridized carbons (Fsp3) is 0.0625. The van der Waals surface area contributed by atoms with E-state index in [4.69, 9.17) is 0 Å². The second-order valence-electron chi connectivity index (χ2n) is 4.75. The van der Waals surface area contributed by atoms with Crippen molar-refractivity contribution in [1.29, 1.82) is 0 Å². The second kappa shape index (κ2) is 7.78. The number of rotatable bonds is 4. The molecule has 8 heteroatoms. The number of halogens is 1. The number of hydrogen-bond acceptors (Lipinski definition) is 5. The van der Waals surface area contributed by atoms with Gasteiger partial charge in [-0.1, -0.05) is 39.8 Å². The monoisotopic (exact) mass is 421 g/mol. The predicted octanol–water partition coefficient (Wildman–Crippen LogP) is 3.61. The zero-order chi connectivity index (χ0) is 16.9. The molecule has 3 rings (SSSR count). The Kier molecular flexibility index (Phi) is 5.49. The normalized spacial score (nSPS) is 10.5. The van der Waals surface area contributed by atoms with Crippen LogP contribution in [0, 0.1) is 0 Å². The van der Waals surface area contributed by atoms with Gasteiger partial charge in [0.25, 0.3) is 5.91 Å². The average molecular weight is 422 g/mol. The number of hydrogen-bond donors (Lipinski definition) is 2. The number of carbonyl (C=O) groups is 2. The molecule has 0 radical (unpaired) electrons. The molecule has 0 saturated carbocycles. The van der Waals surface area contributed by atoms with Gasteiger partial charge in [0.05, 0.1) is 16.0 Å². The van der Waals surface area contributed by atoms with Gasteiger partial charge in [0.15, 0.2) is 4.34 Å². The summed E-state index contributed by atoms with van der Waals surface area (Å²) in [6.45, 7) is 0. The minimum Gasteiger partial charge on any atom is -0.272 e. The van der Waals surface area contributed by atoms with Crippen LogP contribution in [-0.4, -0.2) is 22.6 Å². The van der Waals surface area contributed by atoms with Crippen molar-refractivity contribution in [2.45, 2.75) is 4.34 Å². The molecule has 0 aliphatic heterocycles. The lowest BCUT2D eigenvalue weighted by atomic mass is 10.2. The Morgan fingerprint density at radius 3 is 2.58 bits per heavy atom. The molecule has 0 fully saturated rings. The van der Waals surface area contributed by atoms with E-state index in [0.717, 1.165) is 19.0 Å². The SMILES string of the molecule is O=C(CSc1nc2ccccc2s1)NNC(=O)c1ccc(Br)cc1. The highest BCUT2D eigenvalue weighted by atomic mass is 79.9. The lowest BCUT2D eigenvalue weighted by Gasteiger charge is -2.06. The first-order valence-corrected chi connectivity index (χ1v) is 9.54. The first kappa shape index (κ1) is 16.9. The van der Waals surface area contributed by atoms with Gasteiger partial charge in [-0.25, -0.2) is 4.98 Å². The Labute approximate surface area is 155 Å². The van der Waals surface area contributed by atoms with Gasteiger partial charge in [0.1, 0.15) is 0 Å². The molecule has 0 bridgehead atoms. The van der Waals surface area contributed by atoms with E-state index in [1.165, 1.54) is 11.8 Å². The van der Waals surface area contributed by atoms with Crippen molar-refractivity contribution >= 4 is 61.1 Å². The third-order valence-electron chi connectivity index (χ3n) is 3.02. The van der Waals surface area contributed by atoms with Crippen LogP contribution >= 0.6 is 39.0 Å². The van der Waals surface area contributed by atoms with E-state index in [1.54, 1.807) is 35.6 Å².